The summed E-state index contributed by atoms with van der Waals surface area (Å²) >= 11 is 0. The minimum absolute atomic E-state index is 0.0638. The molecule has 9 N–H and O–H groups in total. The smallest absolute Gasteiger partial charge is 0.402 e. The number of rotatable bonds is 3. The third kappa shape index (κ3) is 4.15. The molecule has 0 bridgehead atoms. The molecule has 0 spiro atoms. The summed E-state index contributed by atoms with van der Waals surface area (Å²) in [6, 6.07) is 2.01. The van der Waals surface area contributed by atoms with Crippen LogP contribution in [0.15, 0.2) is 29.0 Å². The molecule has 2 amide bonds. The zero-order valence-electron chi connectivity index (χ0n) is 20.7. The summed E-state index contributed by atoms with van der Waals surface area (Å²) in [7, 11) is 6.75. The van der Waals surface area contributed by atoms with Crippen molar-refractivity contribution in [3.05, 3.63) is 40.2 Å². The third-order valence-electron chi connectivity index (χ3n) is 7.06. The Kier molecular flexibility index (Phi) is 6.99. The first-order valence-electron chi connectivity index (χ1n) is 11.2. The number of amides is 2. The first-order chi connectivity index (χ1) is 17.1. The second-order valence-electron chi connectivity index (χ2n) is 9.65. The van der Waals surface area contributed by atoms with Crippen molar-refractivity contribution >= 4 is 35.0 Å². The summed E-state index contributed by atoms with van der Waals surface area (Å²) in [6.45, 7) is 0. The number of aromatic hydroxyl groups is 1. The summed E-state index contributed by atoms with van der Waals surface area (Å²) in [6.07, 6.45) is -1.01. The first kappa shape index (κ1) is 27.5. The normalized spacial score (nSPS) is 26.6. The number of ketones is 2. The number of carbonyl (C=O) groups is 4. The Hall–Kier alpha value is -4.10. The molecule has 37 heavy (non-hydrogen) atoms. The van der Waals surface area contributed by atoms with Gasteiger partial charge in [0.1, 0.15) is 22.8 Å². The van der Waals surface area contributed by atoms with E-state index in [0.717, 1.165) is 5.69 Å². The number of carboxylic acid groups (broad SMARTS) is 1. The number of nitrogens with zero attached hydrogens (tertiary/aromatic N) is 2. The van der Waals surface area contributed by atoms with Gasteiger partial charge in [0.05, 0.1) is 11.6 Å². The van der Waals surface area contributed by atoms with Crippen LogP contribution in [0.2, 0.25) is 0 Å². The highest BCUT2D eigenvalue weighted by molar-refractivity contribution is 6.24. The number of benzene rings is 1. The zero-order chi connectivity index (χ0) is 28.1. The molecular formula is C24H30N4O9. The number of hydrogen-bond acceptors (Lipinski definition) is 10. The van der Waals surface area contributed by atoms with Crippen molar-refractivity contribution in [2.45, 2.75) is 24.5 Å². The number of anilines is 1. The third-order valence-corrected chi connectivity index (χ3v) is 7.06. The van der Waals surface area contributed by atoms with Crippen LogP contribution in [-0.4, -0.2) is 93.8 Å². The van der Waals surface area contributed by atoms with E-state index in [9.17, 15) is 34.8 Å². The average Bonchev–Trinajstić information content (AvgIpc) is 2.75. The lowest BCUT2D eigenvalue weighted by atomic mass is 9.57. The van der Waals surface area contributed by atoms with Crippen molar-refractivity contribution in [3.8, 4) is 5.75 Å². The van der Waals surface area contributed by atoms with E-state index >= 15 is 0 Å². The van der Waals surface area contributed by atoms with Crippen molar-refractivity contribution in [1.82, 2.24) is 4.90 Å². The number of nitrogens with two attached hydrogens (primary N) is 2. The van der Waals surface area contributed by atoms with Crippen molar-refractivity contribution in [2.75, 3.05) is 33.1 Å². The molecule has 1 aromatic rings. The van der Waals surface area contributed by atoms with E-state index in [4.69, 9.17) is 15.6 Å². The molecule has 0 aromatic heterocycles. The fraction of sp³-hybridized carbons (Fsp3) is 0.417. The molecular weight excluding hydrogens is 488 g/mol. The van der Waals surface area contributed by atoms with Crippen molar-refractivity contribution in [3.63, 3.8) is 0 Å². The molecule has 13 nitrogen and oxygen atoms in total. The van der Waals surface area contributed by atoms with Gasteiger partial charge >= 0.3 is 6.09 Å². The van der Waals surface area contributed by atoms with Gasteiger partial charge in [-0.3, -0.25) is 19.3 Å². The predicted molar refractivity (Wildman–Crippen MR) is 131 cm³/mol. The Morgan fingerprint density at radius 2 is 1.62 bits per heavy atom. The minimum Gasteiger partial charge on any atom is -0.508 e. The lowest BCUT2D eigenvalue weighted by molar-refractivity contribution is -0.153. The van der Waals surface area contributed by atoms with Gasteiger partial charge < -0.3 is 41.9 Å². The van der Waals surface area contributed by atoms with Crippen LogP contribution in [0.4, 0.5) is 10.5 Å². The molecule has 0 unspecified atom stereocenters. The number of phenolic OH excluding ortho intramolecular Hbond substituents is 1. The van der Waals surface area contributed by atoms with Crippen LogP contribution >= 0.6 is 0 Å². The highest BCUT2D eigenvalue weighted by atomic mass is 16.4. The number of likely N-dealkylation sites (N-methyl/N-ethyl adjacent to an activating group) is 1. The number of phenols is 1. The number of aliphatic hydroxyl groups excluding tert-OH is 2. The number of aliphatic hydroxyl groups is 3. The van der Waals surface area contributed by atoms with Gasteiger partial charge in [0, 0.05) is 31.3 Å². The van der Waals surface area contributed by atoms with Crippen molar-refractivity contribution in [1.29, 1.82) is 0 Å². The second-order valence-corrected chi connectivity index (χ2v) is 9.65. The summed E-state index contributed by atoms with van der Waals surface area (Å²) in [5.41, 5.74) is 7.18. The van der Waals surface area contributed by atoms with Gasteiger partial charge in [0.25, 0.3) is 5.91 Å². The number of primary amides is 2. The second kappa shape index (κ2) is 9.41. The van der Waals surface area contributed by atoms with Crippen LogP contribution in [0.1, 0.15) is 17.5 Å². The van der Waals surface area contributed by atoms with Gasteiger partial charge in [-0.2, -0.15) is 0 Å². The average molecular weight is 519 g/mol. The Bertz CT molecular complexity index is 1260. The Morgan fingerprint density at radius 1 is 1.05 bits per heavy atom. The number of Topliss-reactive ketones (excluding diaryl/α,β-unsaturated/α-hetero) is 2. The quantitative estimate of drug-likeness (QED) is 0.256. The Labute approximate surface area is 211 Å². The van der Waals surface area contributed by atoms with E-state index < -0.39 is 64.1 Å². The maximum absolute atomic E-state index is 13.7. The summed E-state index contributed by atoms with van der Waals surface area (Å²) in [5.74, 6) is -6.54. The lowest BCUT2D eigenvalue weighted by Gasteiger charge is -2.50. The fourth-order valence-electron chi connectivity index (χ4n) is 5.65. The maximum Gasteiger partial charge on any atom is 0.402 e. The molecule has 0 radical (unpaired) electrons. The van der Waals surface area contributed by atoms with Crippen LogP contribution in [-0.2, 0) is 20.8 Å². The molecule has 3 aliphatic rings. The first-order valence-corrected chi connectivity index (χ1v) is 11.2. The van der Waals surface area contributed by atoms with E-state index in [-0.39, 0.29) is 29.7 Å². The van der Waals surface area contributed by atoms with Gasteiger partial charge in [-0.05, 0) is 50.6 Å². The topological polar surface area (TPSA) is 228 Å². The monoisotopic (exact) mass is 518 g/mol. The summed E-state index contributed by atoms with van der Waals surface area (Å²) < 4.78 is 0. The Morgan fingerprint density at radius 3 is 2.11 bits per heavy atom. The molecule has 200 valence electrons. The van der Waals surface area contributed by atoms with E-state index in [1.165, 1.54) is 11.0 Å². The standard InChI is InChI=1S/C23H27N3O7.CH3NO2/c1-25(2)12-5-6-13(27)15-10(12)7-9-8-11-17(26(3)4)19(29)16(22(24)32)21(31)23(11,33)20(30)14(9)18(15)28;2-1(3)4/h5-6,9,11,17,27-28,31,33H,7-8H2,1-4H3,(H2,24,32);2H2,(H,3,4)/t9-,11+,17-,23-;/m0./s1. The number of carbonyl (C=O) groups excluding carboxylic acids is 3. The van der Waals surface area contributed by atoms with Gasteiger partial charge in [-0.1, -0.05) is 0 Å². The number of hydrogen-bond donors (Lipinski definition) is 7. The molecule has 1 fully saturated rings. The highest BCUT2D eigenvalue weighted by Crippen LogP contribution is 2.53. The molecule has 0 aliphatic heterocycles. The van der Waals surface area contributed by atoms with Gasteiger partial charge in [-0.15, -0.1) is 0 Å². The van der Waals surface area contributed by atoms with Crippen LogP contribution < -0.4 is 16.4 Å². The van der Waals surface area contributed by atoms with Gasteiger partial charge in [-0.25, -0.2) is 4.79 Å². The molecule has 3 aliphatic carbocycles. The van der Waals surface area contributed by atoms with E-state index in [2.05, 4.69) is 5.73 Å². The molecule has 1 saturated carbocycles. The Balaban J connectivity index is 0.000000886. The predicted octanol–water partition coefficient (Wildman–Crippen LogP) is -0.347. The fourth-order valence-corrected chi connectivity index (χ4v) is 5.65. The van der Waals surface area contributed by atoms with E-state index in [1.807, 2.05) is 19.0 Å². The molecule has 0 heterocycles. The zero-order valence-corrected chi connectivity index (χ0v) is 20.7. The summed E-state index contributed by atoms with van der Waals surface area (Å²) in [5, 5.41) is 51.1. The van der Waals surface area contributed by atoms with Crippen LogP contribution in [0.5, 0.6) is 5.75 Å². The lowest BCUT2D eigenvalue weighted by Crippen LogP contribution is -2.65. The molecule has 4 atom stereocenters. The minimum atomic E-state index is -2.63. The molecule has 13 heteroatoms. The van der Waals surface area contributed by atoms with Crippen molar-refractivity contribution < 1.29 is 44.7 Å². The molecule has 1 aromatic carbocycles. The SMILES string of the molecule is CN(C)c1ccc(O)c2c1C[C@H]1C[C@@H]3[C@H](N(C)C)C(=O)C(C(N)=O)=C(O)[C@@]3(O)C(=O)C1=C2O.NC(=O)O. The van der Waals surface area contributed by atoms with E-state index in [1.54, 1.807) is 20.2 Å². The van der Waals surface area contributed by atoms with E-state index in [0.29, 0.717) is 5.56 Å². The van der Waals surface area contributed by atoms with Crippen molar-refractivity contribution in [2.24, 2.45) is 23.3 Å². The highest BCUT2D eigenvalue weighted by Gasteiger charge is 2.64. The van der Waals surface area contributed by atoms with Crippen LogP contribution in [0.3, 0.4) is 0 Å². The van der Waals surface area contributed by atoms with Crippen LogP contribution in [0, 0.1) is 11.8 Å². The molecule has 0 saturated heterocycles. The largest absolute Gasteiger partial charge is 0.508 e. The van der Waals surface area contributed by atoms with Gasteiger partial charge in [0.2, 0.25) is 5.78 Å². The summed E-state index contributed by atoms with van der Waals surface area (Å²) in [4.78, 5) is 50.8. The maximum atomic E-state index is 13.7. The van der Waals surface area contributed by atoms with Gasteiger partial charge in [0.15, 0.2) is 11.4 Å². The molecule has 4 rings (SSSR count). The van der Waals surface area contributed by atoms with Crippen LogP contribution in [0.25, 0.3) is 5.76 Å². The number of fused-ring (bicyclic) bond motifs is 3.